The van der Waals surface area contributed by atoms with Gasteiger partial charge in [-0.05, 0) is 37.1 Å². The molecular weight excluding hydrogens is 425 g/mol. The lowest BCUT2D eigenvalue weighted by Crippen LogP contribution is -2.52. The number of piperidine rings is 1. The van der Waals surface area contributed by atoms with Gasteiger partial charge in [-0.3, -0.25) is 14.6 Å². The van der Waals surface area contributed by atoms with Crippen LogP contribution in [-0.4, -0.2) is 66.4 Å². The standard InChI is InChI=1S/C26H31ClFN3O/c27-24-11-4-12-25(28)23(24)20-30-14-6-10-22(19-30)26(32)31-17-15-29(16-18-31)13-5-9-21-7-2-1-3-8-21/h1-5,7-9,11-12,22H,6,10,13-20H2/b9-5+. The molecule has 1 atom stereocenters. The number of hydrogen-bond donors (Lipinski definition) is 0. The van der Waals surface area contributed by atoms with E-state index in [9.17, 15) is 9.18 Å². The Morgan fingerprint density at radius 1 is 1.00 bits per heavy atom. The van der Waals surface area contributed by atoms with Gasteiger partial charge in [0, 0.05) is 56.4 Å². The summed E-state index contributed by atoms with van der Waals surface area (Å²) >= 11 is 6.20. The number of carbonyl (C=O) groups is 1. The van der Waals surface area contributed by atoms with Gasteiger partial charge in [0.05, 0.1) is 5.92 Å². The summed E-state index contributed by atoms with van der Waals surface area (Å²) in [6.07, 6.45) is 6.20. The molecule has 2 fully saturated rings. The van der Waals surface area contributed by atoms with Gasteiger partial charge >= 0.3 is 0 Å². The van der Waals surface area contributed by atoms with E-state index in [2.05, 4.69) is 34.1 Å². The molecule has 4 nitrogen and oxygen atoms in total. The van der Waals surface area contributed by atoms with E-state index in [0.717, 1.165) is 52.1 Å². The Hall–Kier alpha value is -2.21. The second-order valence-electron chi connectivity index (χ2n) is 8.71. The minimum absolute atomic E-state index is 0.0150. The highest BCUT2D eigenvalue weighted by Gasteiger charge is 2.31. The Morgan fingerprint density at radius 2 is 1.78 bits per heavy atom. The number of carbonyl (C=O) groups excluding carboxylic acids is 1. The smallest absolute Gasteiger partial charge is 0.227 e. The lowest BCUT2D eigenvalue weighted by Gasteiger charge is -2.39. The van der Waals surface area contributed by atoms with Crippen LogP contribution in [0.3, 0.4) is 0 Å². The predicted octanol–water partition coefficient (Wildman–Crippen LogP) is 4.55. The zero-order chi connectivity index (χ0) is 22.3. The van der Waals surface area contributed by atoms with Crippen LogP contribution in [0.4, 0.5) is 4.39 Å². The van der Waals surface area contributed by atoms with Crippen molar-refractivity contribution in [2.45, 2.75) is 19.4 Å². The van der Waals surface area contributed by atoms with Crippen molar-refractivity contribution in [2.75, 3.05) is 45.8 Å². The van der Waals surface area contributed by atoms with Gasteiger partial charge in [-0.2, -0.15) is 0 Å². The minimum atomic E-state index is -0.275. The first-order valence-electron chi connectivity index (χ1n) is 11.5. The molecule has 0 bridgehead atoms. The molecule has 170 valence electrons. The third kappa shape index (κ3) is 5.97. The first kappa shape index (κ1) is 23.0. The Labute approximate surface area is 195 Å². The van der Waals surface area contributed by atoms with E-state index in [0.29, 0.717) is 23.7 Å². The predicted molar refractivity (Wildman–Crippen MR) is 128 cm³/mol. The number of amides is 1. The van der Waals surface area contributed by atoms with Crippen molar-refractivity contribution in [2.24, 2.45) is 5.92 Å². The highest BCUT2D eigenvalue weighted by Crippen LogP contribution is 2.25. The molecule has 2 aliphatic heterocycles. The van der Waals surface area contributed by atoms with Crippen LogP contribution in [0.15, 0.2) is 54.6 Å². The Kier molecular flexibility index (Phi) is 7.95. The van der Waals surface area contributed by atoms with E-state index >= 15 is 0 Å². The van der Waals surface area contributed by atoms with Gasteiger partial charge in [0.15, 0.2) is 0 Å². The van der Waals surface area contributed by atoms with Gasteiger partial charge in [-0.15, -0.1) is 0 Å². The van der Waals surface area contributed by atoms with Gasteiger partial charge in [-0.25, -0.2) is 4.39 Å². The van der Waals surface area contributed by atoms with Gasteiger partial charge in [0.1, 0.15) is 5.82 Å². The van der Waals surface area contributed by atoms with E-state index in [1.54, 1.807) is 12.1 Å². The lowest BCUT2D eigenvalue weighted by atomic mass is 9.95. The van der Waals surface area contributed by atoms with Crippen LogP contribution in [-0.2, 0) is 11.3 Å². The molecule has 0 spiro atoms. The van der Waals surface area contributed by atoms with E-state index in [-0.39, 0.29) is 17.6 Å². The largest absolute Gasteiger partial charge is 0.340 e. The fourth-order valence-corrected chi connectivity index (χ4v) is 4.84. The van der Waals surface area contributed by atoms with E-state index in [1.165, 1.54) is 11.6 Å². The molecule has 2 heterocycles. The molecule has 4 rings (SSSR count). The fourth-order valence-electron chi connectivity index (χ4n) is 4.62. The van der Waals surface area contributed by atoms with Gasteiger partial charge < -0.3 is 4.90 Å². The molecule has 6 heteroatoms. The first-order chi connectivity index (χ1) is 15.6. The Bertz CT molecular complexity index is 908. The number of hydrogen-bond acceptors (Lipinski definition) is 3. The molecule has 1 amide bonds. The second kappa shape index (κ2) is 11.1. The van der Waals surface area contributed by atoms with E-state index < -0.39 is 0 Å². The maximum Gasteiger partial charge on any atom is 0.227 e. The van der Waals surface area contributed by atoms with Crippen molar-refractivity contribution >= 4 is 23.6 Å². The van der Waals surface area contributed by atoms with Crippen molar-refractivity contribution < 1.29 is 9.18 Å². The molecule has 2 aliphatic rings. The number of nitrogens with zero attached hydrogens (tertiary/aromatic N) is 3. The van der Waals surface area contributed by atoms with E-state index in [4.69, 9.17) is 11.6 Å². The molecule has 2 aromatic carbocycles. The fraction of sp³-hybridized carbons (Fsp3) is 0.423. The van der Waals surface area contributed by atoms with Gasteiger partial charge in [0.2, 0.25) is 5.91 Å². The lowest BCUT2D eigenvalue weighted by molar-refractivity contribution is -0.139. The molecule has 0 saturated carbocycles. The maximum absolute atomic E-state index is 14.2. The van der Waals surface area contributed by atoms with Gasteiger partial charge in [0.25, 0.3) is 0 Å². The number of piperazine rings is 1. The average Bonchev–Trinajstić information content (AvgIpc) is 2.82. The highest BCUT2D eigenvalue weighted by atomic mass is 35.5. The summed E-state index contributed by atoms with van der Waals surface area (Å²) in [6, 6.07) is 15.1. The summed E-state index contributed by atoms with van der Waals surface area (Å²) in [7, 11) is 0. The van der Waals surface area contributed by atoms with Crippen molar-refractivity contribution in [1.82, 2.24) is 14.7 Å². The second-order valence-corrected chi connectivity index (χ2v) is 9.12. The quantitative estimate of drug-likeness (QED) is 0.639. The number of likely N-dealkylation sites (tertiary alicyclic amines) is 1. The third-order valence-electron chi connectivity index (χ3n) is 6.46. The van der Waals surface area contributed by atoms with Crippen LogP contribution >= 0.6 is 11.6 Å². The van der Waals surface area contributed by atoms with Crippen molar-refractivity contribution in [3.63, 3.8) is 0 Å². The molecule has 2 saturated heterocycles. The third-order valence-corrected chi connectivity index (χ3v) is 6.81. The zero-order valence-corrected chi connectivity index (χ0v) is 19.2. The topological polar surface area (TPSA) is 26.8 Å². The zero-order valence-electron chi connectivity index (χ0n) is 18.4. The summed E-state index contributed by atoms with van der Waals surface area (Å²) in [5, 5.41) is 0.455. The van der Waals surface area contributed by atoms with Gasteiger partial charge in [-0.1, -0.05) is 60.2 Å². The van der Waals surface area contributed by atoms with Crippen LogP contribution in [0.1, 0.15) is 24.0 Å². The van der Waals surface area contributed by atoms with Crippen LogP contribution in [0.5, 0.6) is 0 Å². The molecule has 0 radical (unpaired) electrons. The summed E-state index contributed by atoms with van der Waals surface area (Å²) < 4.78 is 14.2. The summed E-state index contributed by atoms with van der Waals surface area (Å²) in [5.74, 6) is -0.0454. The monoisotopic (exact) mass is 455 g/mol. The number of halogens is 2. The normalized spacial score (nSPS) is 20.7. The summed E-state index contributed by atoms with van der Waals surface area (Å²) in [6.45, 7) is 6.23. The first-order valence-corrected chi connectivity index (χ1v) is 11.9. The number of benzene rings is 2. The Morgan fingerprint density at radius 3 is 2.53 bits per heavy atom. The SMILES string of the molecule is O=C(C1CCCN(Cc2c(F)cccc2Cl)C1)N1CCN(C/C=C/c2ccccc2)CC1. The summed E-state index contributed by atoms with van der Waals surface area (Å²) in [5.41, 5.74) is 1.74. The molecular formula is C26H31ClFN3O. The van der Waals surface area contributed by atoms with Crippen molar-refractivity contribution in [3.05, 3.63) is 76.6 Å². The maximum atomic E-state index is 14.2. The minimum Gasteiger partial charge on any atom is -0.340 e. The molecule has 0 N–H and O–H groups in total. The summed E-state index contributed by atoms with van der Waals surface area (Å²) in [4.78, 5) is 19.7. The van der Waals surface area contributed by atoms with Crippen molar-refractivity contribution in [3.8, 4) is 0 Å². The average molecular weight is 456 g/mol. The van der Waals surface area contributed by atoms with Crippen LogP contribution in [0, 0.1) is 11.7 Å². The van der Waals surface area contributed by atoms with Crippen LogP contribution < -0.4 is 0 Å². The molecule has 1 unspecified atom stereocenters. The number of rotatable bonds is 6. The van der Waals surface area contributed by atoms with Crippen molar-refractivity contribution in [1.29, 1.82) is 0 Å². The van der Waals surface area contributed by atoms with Crippen LogP contribution in [0.25, 0.3) is 6.08 Å². The molecule has 32 heavy (non-hydrogen) atoms. The molecule has 0 aromatic heterocycles. The Balaban J connectivity index is 1.25. The molecule has 0 aliphatic carbocycles. The van der Waals surface area contributed by atoms with Crippen LogP contribution in [0.2, 0.25) is 5.02 Å². The highest BCUT2D eigenvalue weighted by molar-refractivity contribution is 6.31. The molecule has 2 aromatic rings. The van der Waals surface area contributed by atoms with E-state index in [1.807, 2.05) is 23.1 Å².